The molecule has 0 saturated heterocycles. The first-order chi connectivity index (χ1) is 8.56. The average Bonchev–Trinajstić information content (AvgIpc) is 2.72. The molecule has 4 nitrogen and oxygen atoms in total. The van der Waals surface area contributed by atoms with Crippen molar-refractivity contribution in [2.75, 3.05) is 11.9 Å². The molecule has 1 fully saturated rings. The van der Waals surface area contributed by atoms with Crippen LogP contribution >= 0.6 is 0 Å². The van der Waals surface area contributed by atoms with Crippen LogP contribution in [-0.2, 0) is 0 Å². The van der Waals surface area contributed by atoms with Gasteiger partial charge in [-0.1, -0.05) is 13.3 Å². The van der Waals surface area contributed by atoms with Gasteiger partial charge in [-0.15, -0.1) is 0 Å². The van der Waals surface area contributed by atoms with Crippen LogP contribution in [0.4, 0.5) is 15.8 Å². The number of halogens is 1. The number of nitro groups is 1. The van der Waals surface area contributed by atoms with Crippen molar-refractivity contribution in [1.82, 2.24) is 0 Å². The molecule has 18 heavy (non-hydrogen) atoms. The van der Waals surface area contributed by atoms with E-state index in [0.29, 0.717) is 12.5 Å². The third-order valence-corrected chi connectivity index (χ3v) is 3.54. The average molecular weight is 252 g/mol. The van der Waals surface area contributed by atoms with Crippen LogP contribution in [0.2, 0.25) is 0 Å². The summed E-state index contributed by atoms with van der Waals surface area (Å²) in [6, 6.07) is 3.51. The van der Waals surface area contributed by atoms with Crippen LogP contribution < -0.4 is 5.32 Å². The topological polar surface area (TPSA) is 55.2 Å². The van der Waals surface area contributed by atoms with Crippen molar-refractivity contribution in [2.24, 2.45) is 11.8 Å². The number of nitrogens with one attached hydrogen (secondary N) is 1. The van der Waals surface area contributed by atoms with Gasteiger partial charge in [-0.2, -0.15) is 0 Å². The van der Waals surface area contributed by atoms with Crippen molar-refractivity contribution < 1.29 is 9.31 Å². The van der Waals surface area contributed by atoms with Crippen LogP contribution in [0.1, 0.15) is 26.2 Å². The lowest BCUT2D eigenvalue weighted by molar-refractivity contribution is -0.384. The monoisotopic (exact) mass is 252 g/mol. The Labute approximate surface area is 105 Å². The van der Waals surface area contributed by atoms with Crippen molar-refractivity contribution in [1.29, 1.82) is 0 Å². The molecule has 0 amide bonds. The smallest absolute Gasteiger partial charge is 0.292 e. The van der Waals surface area contributed by atoms with Gasteiger partial charge in [0.05, 0.1) is 4.92 Å². The first kappa shape index (κ1) is 12.8. The summed E-state index contributed by atoms with van der Waals surface area (Å²) < 4.78 is 13.1. The summed E-state index contributed by atoms with van der Waals surface area (Å²) in [6.45, 7) is 2.89. The minimum absolute atomic E-state index is 0.0672. The number of nitro benzene ring substituents is 1. The number of nitrogens with zero attached hydrogens (tertiary/aromatic N) is 1. The molecule has 0 heterocycles. The first-order valence-electron chi connectivity index (χ1n) is 6.24. The molecule has 2 unspecified atom stereocenters. The van der Waals surface area contributed by atoms with E-state index in [-0.39, 0.29) is 11.4 Å². The summed E-state index contributed by atoms with van der Waals surface area (Å²) in [4.78, 5) is 10.3. The van der Waals surface area contributed by atoms with Crippen LogP contribution in [0.25, 0.3) is 0 Å². The van der Waals surface area contributed by atoms with E-state index in [4.69, 9.17) is 0 Å². The molecule has 1 aromatic carbocycles. The van der Waals surface area contributed by atoms with Gasteiger partial charge in [0.2, 0.25) is 0 Å². The zero-order valence-electron chi connectivity index (χ0n) is 10.4. The number of benzene rings is 1. The largest absolute Gasteiger partial charge is 0.379 e. The van der Waals surface area contributed by atoms with Crippen molar-refractivity contribution in [3.63, 3.8) is 0 Å². The lowest BCUT2D eigenvalue weighted by Gasteiger charge is -2.12. The van der Waals surface area contributed by atoms with Crippen molar-refractivity contribution >= 4 is 11.4 Å². The Morgan fingerprint density at radius 3 is 2.89 bits per heavy atom. The fourth-order valence-electron chi connectivity index (χ4n) is 2.57. The van der Waals surface area contributed by atoms with Gasteiger partial charge in [-0.25, -0.2) is 4.39 Å². The molecule has 0 radical (unpaired) electrons. The summed E-state index contributed by atoms with van der Waals surface area (Å²) in [5.41, 5.74) is 0.210. The highest BCUT2D eigenvalue weighted by Gasteiger charge is 2.22. The Morgan fingerprint density at radius 1 is 1.50 bits per heavy atom. The van der Waals surface area contributed by atoms with E-state index in [2.05, 4.69) is 12.2 Å². The molecule has 98 valence electrons. The zero-order chi connectivity index (χ0) is 13.1. The van der Waals surface area contributed by atoms with Crippen LogP contribution in [-0.4, -0.2) is 11.5 Å². The van der Waals surface area contributed by atoms with E-state index >= 15 is 0 Å². The maximum atomic E-state index is 13.1. The highest BCUT2D eigenvalue weighted by atomic mass is 19.1. The number of rotatable bonds is 4. The molecule has 1 aromatic rings. The van der Waals surface area contributed by atoms with Crippen molar-refractivity contribution in [3.8, 4) is 0 Å². The standard InChI is InChI=1S/C13H17FN2O2/c1-9-2-3-10(6-9)8-15-12-7-11(14)4-5-13(12)16(17)18/h4-5,7,9-10,15H,2-3,6,8H2,1H3. The molecule has 1 aliphatic carbocycles. The Kier molecular flexibility index (Phi) is 3.79. The molecule has 0 spiro atoms. The minimum atomic E-state index is -0.487. The Balaban J connectivity index is 2.04. The second-order valence-corrected chi connectivity index (χ2v) is 5.08. The van der Waals surface area contributed by atoms with Crippen LogP contribution in [0.3, 0.4) is 0 Å². The van der Waals surface area contributed by atoms with Gasteiger partial charge in [-0.3, -0.25) is 10.1 Å². The van der Waals surface area contributed by atoms with Crippen LogP contribution in [0.5, 0.6) is 0 Å². The zero-order valence-corrected chi connectivity index (χ0v) is 10.4. The van der Waals surface area contributed by atoms with E-state index in [9.17, 15) is 14.5 Å². The summed E-state index contributed by atoms with van der Waals surface area (Å²) >= 11 is 0. The summed E-state index contributed by atoms with van der Waals surface area (Å²) in [5.74, 6) is 0.796. The fraction of sp³-hybridized carbons (Fsp3) is 0.538. The molecule has 0 aliphatic heterocycles. The maximum Gasteiger partial charge on any atom is 0.292 e. The summed E-state index contributed by atoms with van der Waals surface area (Å²) in [7, 11) is 0. The quantitative estimate of drug-likeness (QED) is 0.658. The van der Waals surface area contributed by atoms with E-state index in [1.54, 1.807) is 0 Å². The summed E-state index contributed by atoms with van der Waals surface area (Å²) in [6.07, 6.45) is 3.48. The maximum absolute atomic E-state index is 13.1. The normalized spacial score (nSPS) is 23.0. The number of hydrogen-bond donors (Lipinski definition) is 1. The SMILES string of the molecule is CC1CCC(CNc2cc(F)ccc2[N+](=O)[O-])C1. The lowest BCUT2D eigenvalue weighted by atomic mass is 10.1. The second-order valence-electron chi connectivity index (χ2n) is 5.08. The second kappa shape index (κ2) is 5.33. The predicted octanol–water partition coefficient (Wildman–Crippen LogP) is 3.58. The van der Waals surface area contributed by atoms with Crippen molar-refractivity contribution in [3.05, 3.63) is 34.1 Å². The van der Waals surface area contributed by atoms with Gasteiger partial charge in [0.1, 0.15) is 11.5 Å². The molecule has 1 N–H and O–H groups in total. The predicted molar refractivity (Wildman–Crippen MR) is 68.0 cm³/mol. The van der Waals surface area contributed by atoms with Crippen LogP contribution in [0.15, 0.2) is 18.2 Å². The van der Waals surface area contributed by atoms with Gasteiger partial charge in [0, 0.05) is 18.7 Å². The van der Waals surface area contributed by atoms with Gasteiger partial charge in [-0.05, 0) is 30.7 Å². The Hall–Kier alpha value is -1.65. The Morgan fingerprint density at radius 2 is 2.28 bits per heavy atom. The summed E-state index contributed by atoms with van der Waals surface area (Å²) in [5, 5.41) is 13.8. The third-order valence-electron chi connectivity index (χ3n) is 3.54. The number of hydrogen-bond acceptors (Lipinski definition) is 3. The molecule has 1 saturated carbocycles. The van der Waals surface area contributed by atoms with E-state index in [1.165, 1.54) is 18.6 Å². The van der Waals surface area contributed by atoms with Gasteiger partial charge in [0.25, 0.3) is 5.69 Å². The highest BCUT2D eigenvalue weighted by Crippen LogP contribution is 2.31. The molecule has 1 aliphatic rings. The molecule has 0 bridgehead atoms. The first-order valence-corrected chi connectivity index (χ1v) is 6.24. The van der Waals surface area contributed by atoms with E-state index < -0.39 is 10.7 Å². The highest BCUT2D eigenvalue weighted by molar-refractivity contribution is 5.61. The molecular formula is C13H17FN2O2. The van der Waals surface area contributed by atoms with E-state index in [1.807, 2.05) is 0 Å². The van der Waals surface area contributed by atoms with E-state index in [0.717, 1.165) is 24.8 Å². The number of anilines is 1. The van der Waals surface area contributed by atoms with Gasteiger partial charge >= 0.3 is 0 Å². The molecule has 5 heteroatoms. The Bertz CT molecular complexity index is 451. The van der Waals surface area contributed by atoms with Crippen molar-refractivity contribution in [2.45, 2.75) is 26.2 Å². The molecule has 2 rings (SSSR count). The fourth-order valence-corrected chi connectivity index (χ4v) is 2.57. The lowest BCUT2D eigenvalue weighted by Crippen LogP contribution is -2.12. The molecule has 2 atom stereocenters. The third kappa shape index (κ3) is 2.97. The van der Waals surface area contributed by atoms with Gasteiger partial charge in [0.15, 0.2) is 0 Å². The molecular weight excluding hydrogens is 235 g/mol. The molecule has 0 aromatic heterocycles. The van der Waals surface area contributed by atoms with Gasteiger partial charge < -0.3 is 5.32 Å². The van der Waals surface area contributed by atoms with Crippen LogP contribution in [0, 0.1) is 27.8 Å². The minimum Gasteiger partial charge on any atom is -0.379 e.